The Hall–Kier alpha value is -0.950. The van der Waals surface area contributed by atoms with Gasteiger partial charge in [-0.25, -0.2) is 0 Å². The number of hydrogen-bond acceptors (Lipinski definition) is 2. The van der Waals surface area contributed by atoms with Gasteiger partial charge in [-0.2, -0.15) is 8.42 Å². The van der Waals surface area contributed by atoms with Crippen molar-refractivity contribution in [1.82, 2.24) is 0 Å². The van der Waals surface area contributed by atoms with Crippen molar-refractivity contribution in [2.75, 3.05) is 20.6 Å². The number of quaternary nitrogens is 1. The summed E-state index contributed by atoms with van der Waals surface area (Å²) in [4.78, 5) is 0. The van der Waals surface area contributed by atoms with E-state index in [1.165, 1.54) is 102 Å². The molecule has 0 amide bonds. The Balaban J connectivity index is 0.00000161. The largest absolute Gasteiger partial charge is 0.394 e. The molecule has 1 aromatic rings. The molecule has 0 aliphatic heterocycles. The van der Waals surface area contributed by atoms with Crippen LogP contribution in [-0.4, -0.2) is 42.6 Å². The van der Waals surface area contributed by atoms with Gasteiger partial charge in [0.1, 0.15) is 6.54 Å². The lowest BCUT2D eigenvalue weighted by atomic mass is 10.0. The lowest BCUT2D eigenvalue weighted by molar-refractivity contribution is -0.903. The summed E-state index contributed by atoms with van der Waals surface area (Å²) in [5, 5.41) is 0. The van der Waals surface area contributed by atoms with E-state index >= 15 is 0 Å². The van der Waals surface area contributed by atoms with Crippen LogP contribution in [0.25, 0.3) is 0 Å². The third-order valence-corrected chi connectivity index (χ3v) is 5.57. The second-order valence-corrected chi connectivity index (χ2v) is 10.2. The van der Waals surface area contributed by atoms with Gasteiger partial charge in [0.05, 0.1) is 20.6 Å². The fourth-order valence-electron chi connectivity index (χ4n) is 3.89. The van der Waals surface area contributed by atoms with Gasteiger partial charge in [0.2, 0.25) is 0 Å². The Morgan fingerprint density at radius 3 is 1.42 bits per heavy atom. The highest BCUT2D eigenvalue weighted by atomic mass is 32.3. The summed E-state index contributed by atoms with van der Waals surface area (Å²) in [7, 11) is 0.0739. The topological polar surface area (TPSA) is 74.6 Å². The first-order valence-corrected chi connectivity index (χ1v) is 13.6. The fourth-order valence-corrected chi connectivity index (χ4v) is 3.89. The first-order chi connectivity index (χ1) is 14.6. The predicted molar refractivity (Wildman–Crippen MR) is 132 cm³/mol. The predicted octanol–water partition coefficient (Wildman–Crippen LogP) is 7.09. The van der Waals surface area contributed by atoms with Crippen molar-refractivity contribution >= 4 is 10.4 Å². The van der Waals surface area contributed by atoms with Gasteiger partial charge in [-0.15, -0.1) is 0 Å². The van der Waals surface area contributed by atoms with Crippen molar-refractivity contribution < 1.29 is 22.0 Å². The van der Waals surface area contributed by atoms with Gasteiger partial charge in [0.15, 0.2) is 0 Å². The Morgan fingerprint density at radius 1 is 0.677 bits per heavy atom. The Bertz CT molecular complexity index is 610. The van der Waals surface area contributed by atoms with Crippen LogP contribution < -0.4 is 0 Å². The molecule has 0 heterocycles. The second kappa shape index (κ2) is 18.6. The smallest absolute Gasteiger partial charge is 0.325 e. The number of rotatable bonds is 17. The molecular formula is C25H48NO4S+. The maximum absolute atomic E-state index is 8.74. The molecule has 182 valence electrons. The summed E-state index contributed by atoms with van der Waals surface area (Å²) in [6.07, 6.45) is 20.2. The van der Waals surface area contributed by atoms with E-state index in [1.807, 2.05) is 0 Å². The monoisotopic (exact) mass is 458 g/mol. The van der Waals surface area contributed by atoms with E-state index in [9.17, 15) is 0 Å². The average molecular weight is 459 g/mol. The SMILES string of the molecule is CCCCCCCCCCCCCCCC[N+](C)(C)Cc1ccccc1.O=S(=O)(O)O. The summed E-state index contributed by atoms with van der Waals surface area (Å²) in [6, 6.07) is 10.9. The zero-order chi connectivity index (χ0) is 23.4. The Morgan fingerprint density at radius 2 is 1.03 bits per heavy atom. The molecular weight excluding hydrogens is 410 g/mol. The highest BCUT2D eigenvalue weighted by Gasteiger charge is 2.14. The quantitative estimate of drug-likeness (QED) is 0.148. The molecule has 0 radical (unpaired) electrons. The van der Waals surface area contributed by atoms with Crippen LogP contribution in [0.1, 0.15) is 102 Å². The van der Waals surface area contributed by atoms with Gasteiger partial charge in [0.25, 0.3) is 0 Å². The first kappa shape index (κ1) is 30.0. The molecule has 0 saturated heterocycles. The van der Waals surface area contributed by atoms with Crippen LogP contribution in [0.4, 0.5) is 0 Å². The summed E-state index contributed by atoms with van der Waals surface area (Å²) in [5.41, 5.74) is 1.46. The first-order valence-electron chi connectivity index (χ1n) is 12.2. The third-order valence-electron chi connectivity index (χ3n) is 5.57. The van der Waals surface area contributed by atoms with Gasteiger partial charge in [-0.05, 0) is 12.8 Å². The minimum Gasteiger partial charge on any atom is -0.325 e. The molecule has 2 N–H and O–H groups in total. The van der Waals surface area contributed by atoms with Crippen LogP contribution in [0.5, 0.6) is 0 Å². The maximum Gasteiger partial charge on any atom is 0.394 e. The van der Waals surface area contributed by atoms with Crippen LogP contribution in [0.3, 0.4) is 0 Å². The van der Waals surface area contributed by atoms with E-state index in [1.54, 1.807) is 0 Å². The van der Waals surface area contributed by atoms with Crippen molar-refractivity contribution in [2.45, 2.75) is 103 Å². The van der Waals surface area contributed by atoms with Crippen LogP contribution in [-0.2, 0) is 16.9 Å². The molecule has 0 saturated carbocycles. The summed E-state index contributed by atoms with van der Waals surface area (Å²) >= 11 is 0. The number of benzene rings is 1. The minimum atomic E-state index is -4.67. The van der Waals surface area contributed by atoms with Gasteiger partial charge in [0, 0.05) is 5.56 Å². The maximum atomic E-state index is 8.74. The van der Waals surface area contributed by atoms with Crippen LogP contribution in [0, 0.1) is 0 Å². The van der Waals surface area contributed by atoms with Crippen molar-refractivity contribution in [3.63, 3.8) is 0 Å². The fraction of sp³-hybridized carbons (Fsp3) is 0.760. The molecule has 5 nitrogen and oxygen atoms in total. The van der Waals surface area contributed by atoms with Crippen LogP contribution in [0.15, 0.2) is 30.3 Å². The van der Waals surface area contributed by atoms with Gasteiger partial charge < -0.3 is 4.48 Å². The normalized spacial score (nSPS) is 11.8. The second-order valence-electron chi connectivity index (χ2n) is 9.35. The molecule has 6 heteroatoms. The zero-order valence-electron chi connectivity index (χ0n) is 20.3. The van der Waals surface area contributed by atoms with E-state index in [0.717, 1.165) is 11.0 Å². The van der Waals surface area contributed by atoms with Crippen LogP contribution >= 0.6 is 0 Å². The molecule has 0 aromatic heterocycles. The van der Waals surface area contributed by atoms with E-state index < -0.39 is 10.4 Å². The highest BCUT2D eigenvalue weighted by molar-refractivity contribution is 7.79. The molecule has 31 heavy (non-hydrogen) atoms. The average Bonchev–Trinajstić information content (AvgIpc) is 2.67. The van der Waals surface area contributed by atoms with Gasteiger partial charge >= 0.3 is 10.4 Å². The lowest BCUT2D eigenvalue weighted by Gasteiger charge is -2.30. The molecule has 0 unspecified atom stereocenters. The molecule has 0 bridgehead atoms. The standard InChI is InChI=1S/C25H46N.H2O4S/c1-4-5-6-7-8-9-10-11-12-13-14-15-16-20-23-26(2,3)24-25-21-18-17-19-22-25;1-5(2,3)4/h17-19,21-22H,4-16,20,23-24H2,1-3H3;(H2,1,2,3,4)/q+1;. The van der Waals surface area contributed by atoms with E-state index in [0.29, 0.717) is 0 Å². The van der Waals surface area contributed by atoms with Gasteiger partial charge in [-0.3, -0.25) is 9.11 Å². The molecule has 1 rings (SSSR count). The number of nitrogens with zero attached hydrogens (tertiary/aromatic N) is 1. The van der Waals surface area contributed by atoms with E-state index in [2.05, 4.69) is 51.4 Å². The van der Waals surface area contributed by atoms with Crippen LogP contribution in [0.2, 0.25) is 0 Å². The van der Waals surface area contributed by atoms with Crippen molar-refractivity contribution in [1.29, 1.82) is 0 Å². The van der Waals surface area contributed by atoms with E-state index in [-0.39, 0.29) is 0 Å². The third kappa shape index (κ3) is 25.2. The van der Waals surface area contributed by atoms with E-state index in [4.69, 9.17) is 17.5 Å². The van der Waals surface area contributed by atoms with Crippen molar-refractivity contribution in [3.8, 4) is 0 Å². The molecule has 0 spiro atoms. The molecule has 0 aliphatic carbocycles. The summed E-state index contributed by atoms with van der Waals surface area (Å²) in [6.45, 7) is 4.75. The lowest BCUT2D eigenvalue weighted by Crippen LogP contribution is -2.39. The highest BCUT2D eigenvalue weighted by Crippen LogP contribution is 2.15. The number of hydrogen-bond donors (Lipinski definition) is 2. The summed E-state index contributed by atoms with van der Waals surface area (Å²) in [5.74, 6) is 0. The summed E-state index contributed by atoms with van der Waals surface area (Å²) < 4.78 is 32.7. The molecule has 0 fully saturated rings. The Kier molecular flexibility index (Phi) is 18.0. The Labute approximate surface area is 192 Å². The van der Waals surface area contributed by atoms with Crippen molar-refractivity contribution in [3.05, 3.63) is 35.9 Å². The number of unbranched alkanes of at least 4 members (excludes halogenated alkanes) is 13. The van der Waals surface area contributed by atoms with Gasteiger partial charge in [-0.1, -0.05) is 114 Å². The molecule has 1 aromatic carbocycles. The zero-order valence-corrected chi connectivity index (χ0v) is 21.1. The minimum absolute atomic E-state index is 1.11. The van der Waals surface area contributed by atoms with Crippen molar-refractivity contribution in [2.24, 2.45) is 0 Å². The molecule has 0 aliphatic rings. The molecule has 0 atom stereocenters.